The number of nitrogens with zero attached hydrogens (tertiary/aromatic N) is 1. The third kappa shape index (κ3) is 13.5. The Balaban J connectivity index is 4.13. The molecule has 0 aliphatic rings. The first-order valence-corrected chi connectivity index (χ1v) is 10.6. The molecule has 0 aromatic rings. The van der Waals surface area contributed by atoms with E-state index in [9.17, 15) is 18.3 Å². The van der Waals surface area contributed by atoms with Crippen LogP contribution in [-0.4, -0.2) is 54.4 Å². The van der Waals surface area contributed by atoms with Crippen molar-refractivity contribution in [2.24, 2.45) is 0 Å². The smallest absolute Gasteiger partial charge is 0.303 e. The number of aliphatic hydroxyl groups excluding tert-OH is 1. The van der Waals surface area contributed by atoms with Crippen LogP contribution in [-0.2, 0) is 14.8 Å². The molecule has 6 nitrogen and oxygen atoms in total. The minimum Gasteiger partial charge on any atom is -0.481 e. The lowest BCUT2D eigenvalue weighted by molar-refractivity contribution is -0.137. The summed E-state index contributed by atoms with van der Waals surface area (Å²) in [5.74, 6) is -0.796. The molecule has 24 heavy (non-hydrogen) atoms. The summed E-state index contributed by atoms with van der Waals surface area (Å²) < 4.78 is 24.9. The quantitative estimate of drug-likeness (QED) is 0.345. The van der Waals surface area contributed by atoms with Gasteiger partial charge < -0.3 is 10.2 Å². The Kier molecular flexibility index (Phi) is 12.9. The molecule has 1 atom stereocenters. The highest BCUT2D eigenvalue weighted by molar-refractivity contribution is 7.88. The van der Waals surface area contributed by atoms with Gasteiger partial charge in [-0.1, -0.05) is 51.2 Å². The fourth-order valence-corrected chi connectivity index (χ4v) is 3.16. The van der Waals surface area contributed by atoms with Crippen molar-refractivity contribution in [2.75, 3.05) is 19.3 Å². The van der Waals surface area contributed by atoms with Crippen molar-refractivity contribution in [1.29, 1.82) is 0 Å². The van der Waals surface area contributed by atoms with Crippen LogP contribution in [0.25, 0.3) is 0 Å². The lowest BCUT2D eigenvalue weighted by Gasteiger charge is -2.18. The number of unbranched alkanes of at least 4 members (excludes halogenated alkanes) is 5. The first-order chi connectivity index (χ1) is 11.3. The van der Waals surface area contributed by atoms with Gasteiger partial charge in [0.15, 0.2) is 0 Å². The molecule has 142 valence electrons. The van der Waals surface area contributed by atoms with Gasteiger partial charge in [-0.15, -0.1) is 0 Å². The van der Waals surface area contributed by atoms with Gasteiger partial charge in [0.2, 0.25) is 10.0 Å². The highest BCUT2D eigenvalue weighted by atomic mass is 32.2. The Labute approximate surface area is 146 Å². The third-order valence-electron chi connectivity index (χ3n) is 3.79. The maximum Gasteiger partial charge on any atom is 0.303 e. The Morgan fingerprint density at radius 1 is 1.12 bits per heavy atom. The van der Waals surface area contributed by atoms with Gasteiger partial charge in [0.05, 0.1) is 12.4 Å². The molecule has 0 aromatic heterocycles. The van der Waals surface area contributed by atoms with Crippen molar-refractivity contribution in [3.05, 3.63) is 12.2 Å². The van der Waals surface area contributed by atoms with E-state index in [1.807, 2.05) is 0 Å². The molecule has 0 heterocycles. The number of rotatable bonds is 15. The summed E-state index contributed by atoms with van der Waals surface area (Å²) >= 11 is 0. The number of sulfonamides is 1. The summed E-state index contributed by atoms with van der Waals surface area (Å²) in [5, 5.41) is 18.4. The van der Waals surface area contributed by atoms with Gasteiger partial charge in [-0.2, -0.15) is 4.31 Å². The average Bonchev–Trinajstić information content (AvgIpc) is 2.47. The summed E-state index contributed by atoms with van der Waals surface area (Å²) in [6.07, 6.45) is 11.0. The summed E-state index contributed by atoms with van der Waals surface area (Å²) in [7, 11) is -3.28. The number of aliphatic hydroxyl groups is 1. The number of hydrogen-bond acceptors (Lipinski definition) is 4. The maximum atomic E-state index is 11.8. The van der Waals surface area contributed by atoms with Gasteiger partial charge in [0.1, 0.15) is 0 Å². The SMILES string of the molecule is CCCCCC(O)/C=C/CN(CCCCCCC(=O)O)S(C)(=O)=O. The van der Waals surface area contributed by atoms with E-state index in [-0.39, 0.29) is 13.0 Å². The van der Waals surface area contributed by atoms with E-state index in [0.29, 0.717) is 25.8 Å². The Bertz CT molecular complexity index is 462. The van der Waals surface area contributed by atoms with Crippen molar-refractivity contribution in [3.8, 4) is 0 Å². The van der Waals surface area contributed by atoms with Crippen LogP contribution in [0.4, 0.5) is 0 Å². The van der Waals surface area contributed by atoms with E-state index in [4.69, 9.17) is 5.11 Å². The molecule has 0 saturated carbocycles. The fourth-order valence-electron chi connectivity index (χ4n) is 2.35. The molecule has 0 amide bonds. The molecule has 0 aromatic carbocycles. The molecule has 0 fully saturated rings. The van der Waals surface area contributed by atoms with Crippen molar-refractivity contribution >= 4 is 16.0 Å². The van der Waals surface area contributed by atoms with Crippen molar-refractivity contribution < 1.29 is 23.4 Å². The lowest BCUT2D eigenvalue weighted by atomic mass is 10.1. The maximum absolute atomic E-state index is 11.8. The van der Waals surface area contributed by atoms with Gasteiger partial charge in [-0.3, -0.25) is 4.79 Å². The van der Waals surface area contributed by atoms with Gasteiger partial charge in [0, 0.05) is 19.5 Å². The minimum atomic E-state index is -3.28. The van der Waals surface area contributed by atoms with Crippen molar-refractivity contribution in [1.82, 2.24) is 4.31 Å². The molecular weight excluding hydrogens is 330 g/mol. The van der Waals surface area contributed by atoms with Gasteiger partial charge in [0.25, 0.3) is 0 Å². The number of hydrogen-bond donors (Lipinski definition) is 2. The van der Waals surface area contributed by atoms with E-state index in [1.54, 1.807) is 12.2 Å². The minimum absolute atomic E-state index is 0.161. The zero-order chi connectivity index (χ0) is 18.4. The Hall–Kier alpha value is -0.920. The third-order valence-corrected chi connectivity index (χ3v) is 5.06. The van der Waals surface area contributed by atoms with Crippen LogP contribution >= 0.6 is 0 Å². The zero-order valence-electron chi connectivity index (χ0n) is 15.0. The fraction of sp³-hybridized carbons (Fsp3) is 0.824. The summed E-state index contributed by atoms with van der Waals surface area (Å²) in [6, 6.07) is 0. The number of carbonyl (C=O) groups is 1. The number of carboxylic acids is 1. The van der Waals surface area contributed by atoms with E-state index in [1.165, 1.54) is 10.6 Å². The Morgan fingerprint density at radius 2 is 1.79 bits per heavy atom. The molecule has 0 aliphatic carbocycles. The highest BCUT2D eigenvalue weighted by Crippen LogP contribution is 2.08. The summed E-state index contributed by atoms with van der Waals surface area (Å²) in [6.45, 7) is 2.79. The van der Waals surface area contributed by atoms with Crippen LogP contribution in [0.1, 0.15) is 64.7 Å². The predicted octanol–water partition coefficient (Wildman–Crippen LogP) is 2.78. The second-order valence-electron chi connectivity index (χ2n) is 6.17. The van der Waals surface area contributed by atoms with E-state index in [0.717, 1.165) is 32.1 Å². The second kappa shape index (κ2) is 13.4. The predicted molar refractivity (Wildman–Crippen MR) is 96.4 cm³/mol. The first kappa shape index (κ1) is 23.1. The molecule has 0 aliphatic heterocycles. The lowest BCUT2D eigenvalue weighted by Crippen LogP contribution is -2.31. The highest BCUT2D eigenvalue weighted by Gasteiger charge is 2.14. The summed E-state index contributed by atoms with van der Waals surface area (Å²) in [5.41, 5.74) is 0. The normalized spacial score (nSPS) is 13.7. The molecule has 0 radical (unpaired) electrons. The van der Waals surface area contributed by atoms with E-state index < -0.39 is 22.1 Å². The van der Waals surface area contributed by atoms with Crippen LogP contribution in [0.15, 0.2) is 12.2 Å². The molecule has 7 heteroatoms. The molecule has 1 unspecified atom stereocenters. The Morgan fingerprint density at radius 3 is 2.38 bits per heavy atom. The molecule has 0 saturated heterocycles. The van der Waals surface area contributed by atoms with Gasteiger partial charge in [-0.25, -0.2) is 8.42 Å². The second-order valence-corrected chi connectivity index (χ2v) is 8.15. The molecule has 2 N–H and O–H groups in total. The van der Waals surface area contributed by atoms with E-state index in [2.05, 4.69) is 6.92 Å². The van der Waals surface area contributed by atoms with Crippen molar-refractivity contribution in [3.63, 3.8) is 0 Å². The van der Waals surface area contributed by atoms with Crippen LogP contribution < -0.4 is 0 Å². The van der Waals surface area contributed by atoms with Gasteiger partial charge >= 0.3 is 5.97 Å². The van der Waals surface area contributed by atoms with Crippen LogP contribution in [0.5, 0.6) is 0 Å². The molecular formula is C17H33NO5S. The van der Waals surface area contributed by atoms with E-state index >= 15 is 0 Å². The standard InChI is InChI=1S/C17H33NO5S/c1-3-4-7-11-16(19)12-10-15-18(24(2,22)23)14-9-6-5-8-13-17(20)21/h10,12,16,19H,3-9,11,13-15H2,1-2H3,(H,20,21)/b12-10+. The largest absolute Gasteiger partial charge is 0.481 e. The van der Waals surface area contributed by atoms with Crippen LogP contribution in [0, 0.1) is 0 Å². The molecule has 0 spiro atoms. The van der Waals surface area contributed by atoms with Crippen LogP contribution in [0.2, 0.25) is 0 Å². The summed E-state index contributed by atoms with van der Waals surface area (Å²) in [4.78, 5) is 10.4. The monoisotopic (exact) mass is 363 g/mol. The van der Waals surface area contributed by atoms with Gasteiger partial charge in [-0.05, 0) is 19.3 Å². The molecule has 0 bridgehead atoms. The molecule has 0 rings (SSSR count). The van der Waals surface area contributed by atoms with Crippen LogP contribution in [0.3, 0.4) is 0 Å². The first-order valence-electron chi connectivity index (χ1n) is 8.79. The van der Waals surface area contributed by atoms with Crippen molar-refractivity contribution in [2.45, 2.75) is 70.8 Å². The number of aliphatic carboxylic acids is 1. The number of carboxylic acid groups (broad SMARTS) is 1. The average molecular weight is 364 g/mol. The zero-order valence-corrected chi connectivity index (χ0v) is 15.8. The topological polar surface area (TPSA) is 94.9 Å².